The first kappa shape index (κ1) is 12.2. The van der Waals surface area contributed by atoms with Crippen LogP contribution in [0.25, 0.3) is 44.0 Å². The third kappa shape index (κ3) is 1.67. The van der Waals surface area contributed by atoms with Gasteiger partial charge >= 0.3 is 0 Å². The van der Waals surface area contributed by atoms with E-state index in [0.717, 1.165) is 38.6 Å². The first-order valence-electron chi connectivity index (χ1n) is 7.41. The normalized spacial score (nSPS) is 11.7. The molecule has 0 saturated carbocycles. The summed E-state index contributed by atoms with van der Waals surface area (Å²) in [5.41, 5.74) is 11.1. The predicted octanol–water partition coefficient (Wildman–Crippen LogP) is 3.84. The minimum absolute atomic E-state index is 0.520. The number of rotatable bonds is 1. The van der Waals surface area contributed by atoms with E-state index >= 15 is 0 Å². The van der Waals surface area contributed by atoms with Crippen molar-refractivity contribution in [1.29, 1.82) is 0 Å². The molecule has 5 heteroatoms. The smallest absolute Gasteiger partial charge is 0.153 e. The van der Waals surface area contributed by atoms with Gasteiger partial charge in [0.15, 0.2) is 5.82 Å². The Hall–Kier alpha value is -3.34. The van der Waals surface area contributed by atoms with Crippen LogP contribution < -0.4 is 5.73 Å². The van der Waals surface area contributed by atoms with E-state index in [1.54, 1.807) is 0 Å². The molecule has 2 aromatic carbocycles. The number of nitrogens with zero attached hydrogens (tertiary/aromatic N) is 2. The number of para-hydroxylation sites is 1. The highest BCUT2D eigenvalue weighted by Crippen LogP contribution is 2.34. The highest BCUT2D eigenvalue weighted by atomic mass is 15.1. The lowest BCUT2D eigenvalue weighted by Crippen LogP contribution is -1.85. The van der Waals surface area contributed by atoms with Crippen molar-refractivity contribution < 1.29 is 0 Å². The molecule has 0 aliphatic rings. The number of nitrogens with two attached hydrogens (primary N) is 1. The molecule has 5 nitrogen and oxygen atoms in total. The molecular formula is C18H13N5. The van der Waals surface area contributed by atoms with E-state index in [1.807, 2.05) is 30.5 Å². The van der Waals surface area contributed by atoms with Crippen LogP contribution in [-0.4, -0.2) is 20.2 Å². The minimum Gasteiger partial charge on any atom is -0.382 e. The number of pyridine rings is 1. The molecule has 5 rings (SSSR count). The summed E-state index contributed by atoms with van der Waals surface area (Å²) in [5, 5.41) is 10.2. The monoisotopic (exact) mass is 299 g/mol. The van der Waals surface area contributed by atoms with Crippen LogP contribution in [0, 0.1) is 0 Å². The fraction of sp³-hybridized carbons (Fsp3) is 0. The van der Waals surface area contributed by atoms with Gasteiger partial charge in [-0.2, -0.15) is 5.10 Å². The lowest BCUT2D eigenvalue weighted by Gasteiger charge is -2.04. The summed E-state index contributed by atoms with van der Waals surface area (Å²) >= 11 is 0. The highest BCUT2D eigenvalue weighted by molar-refractivity contribution is 6.13. The zero-order chi connectivity index (χ0) is 15.4. The Labute approximate surface area is 131 Å². The maximum absolute atomic E-state index is 5.95. The lowest BCUT2D eigenvalue weighted by molar-refractivity contribution is 1.13. The molecule has 110 valence electrons. The number of hydrogen-bond acceptors (Lipinski definition) is 3. The van der Waals surface area contributed by atoms with Crippen LogP contribution in [0.15, 0.2) is 54.7 Å². The molecule has 0 aliphatic carbocycles. The zero-order valence-corrected chi connectivity index (χ0v) is 12.2. The van der Waals surface area contributed by atoms with Crippen LogP contribution >= 0.6 is 0 Å². The lowest BCUT2D eigenvalue weighted by atomic mass is 10.0. The Morgan fingerprint density at radius 1 is 0.913 bits per heavy atom. The van der Waals surface area contributed by atoms with Gasteiger partial charge in [0.1, 0.15) is 5.65 Å². The van der Waals surface area contributed by atoms with Gasteiger partial charge in [-0.1, -0.05) is 24.3 Å². The average Bonchev–Trinajstić information content (AvgIpc) is 3.15. The molecule has 0 fully saturated rings. The van der Waals surface area contributed by atoms with Gasteiger partial charge in [-0.3, -0.25) is 5.10 Å². The second-order valence-electron chi connectivity index (χ2n) is 5.62. The van der Waals surface area contributed by atoms with E-state index in [-0.39, 0.29) is 0 Å². The first-order valence-corrected chi connectivity index (χ1v) is 7.41. The topological polar surface area (TPSA) is 83.4 Å². The van der Waals surface area contributed by atoms with Crippen molar-refractivity contribution in [1.82, 2.24) is 20.2 Å². The molecule has 23 heavy (non-hydrogen) atoms. The molecule has 3 heterocycles. The molecule has 0 atom stereocenters. The van der Waals surface area contributed by atoms with Crippen LogP contribution in [0.4, 0.5) is 5.82 Å². The number of nitrogens with one attached hydrogen (secondary N) is 2. The van der Waals surface area contributed by atoms with Crippen LogP contribution in [0.2, 0.25) is 0 Å². The van der Waals surface area contributed by atoms with Gasteiger partial charge in [0.05, 0.1) is 5.52 Å². The van der Waals surface area contributed by atoms with Crippen LogP contribution in [-0.2, 0) is 0 Å². The summed E-state index contributed by atoms with van der Waals surface area (Å²) in [5.74, 6) is 0.520. The number of hydrogen-bond donors (Lipinski definition) is 3. The SMILES string of the molecule is Nc1n[nH]c2ccc(-c3ccnc4[nH]c5ccccc5c34)cc12. The summed E-state index contributed by atoms with van der Waals surface area (Å²) in [4.78, 5) is 7.85. The summed E-state index contributed by atoms with van der Waals surface area (Å²) in [6.07, 6.45) is 1.83. The Balaban J connectivity index is 1.89. The van der Waals surface area contributed by atoms with Gasteiger partial charge < -0.3 is 10.7 Å². The van der Waals surface area contributed by atoms with Crippen LogP contribution in [0.5, 0.6) is 0 Å². The van der Waals surface area contributed by atoms with Crippen molar-refractivity contribution in [2.45, 2.75) is 0 Å². The average molecular weight is 299 g/mol. The molecule has 0 spiro atoms. The maximum atomic E-state index is 5.95. The molecule has 5 aromatic rings. The Kier molecular flexibility index (Phi) is 2.30. The van der Waals surface area contributed by atoms with E-state index in [2.05, 4.69) is 44.4 Å². The van der Waals surface area contributed by atoms with E-state index in [9.17, 15) is 0 Å². The van der Waals surface area contributed by atoms with E-state index in [0.29, 0.717) is 5.82 Å². The van der Waals surface area contributed by atoms with Gasteiger partial charge in [0, 0.05) is 27.9 Å². The Bertz CT molecular complexity index is 1180. The summed E-state index contributed by atoms with van der Waals surface area (Å²) < 4.78 is 0. The number of aromatic nitrogens is 4. The first-order chi connectivity index (χ1) is 11.3. The molecule has 3 aromatic heterocycles. The molecule has 0 amide bonds. The standard InChI is InChI=1S/C18H13N5/c19-17-13-9-10(5-6-15(13)22-23-17)11-7-8-20-18-16(11)12-3-1-2-4-14(12)21-18/h1-9H,(H,20,21)(H3,19,22,23). The van der Waals surface area contributed by atoms with Gasteiger partial charge in [-0.15, -0.1) is 0 Å². The molecule has 4 N–H and O–H groups in total. The number of benzene rings is 2. The van der Waals surface area contributed by atoms with Crippen molar-refractivity contribution in [2.75, 3.05) is 5.73 Å². The van der Waals surface area contributed by atoms with Crippen molar-refractivity contribution in [2.24, 2.45) is 0 Å². The highest BCUT2D eigenvalue weighted by Gasteiger charge is 2.12. The van der Waals surface area contributed by atoms with Crippen molar-refractivity contribution >= 4 is 38.7 Å². The van der Waals surface area contributed by atoms with Crippen molar-refractivity contribution in [3.8, 4) is 11.1 Å². The molecule has 0 aliphatic heterocycles. The second-order valence-corrected chi connectivity index (χ2v) is 5.62. The Morgan fingerprint density at radius 3 is 2.78 bits per heavy atom. The summed E-state index contributed by atoms with van der Waals surface area (Å²) in [7, 11) is 0. The summed E-state index contributed by atoms with van der Waals surface area (Å²) in [6, 6.07) is 16.5. The largest absolute Gasteiger partial charge is 0.382 e. The quantitative estimate of drug-likeness (QED) is 0.439. The molecule has 0 radical (unpaired) electrons. The maximum Gasteiger partial charge on any atom is 0.153 e. The fourth-order valence-corrected chi connectivity index (χ4v) is 3.21. The van der Waals surface area contributed by atoms with Gasteiger partial charge in [-0.05, 0) is 35.4 Å². The number of anilines is 1. The van der Waals surface area contributed by atoms with Crippen molar-refractivity contribution in [3.05, 3.63) is 54.7 Å². The third-order valence-corrected chi connectivity index (χ3v) is 4.30. The number of H-pyrrole nitrogens is 2. The van der Waals surface area contributed by atoms with E-state index < -0.39 is 0 Å². The Morgan fingerprint density at radius 2 is 1.83 bits per heavy atom. The number of fused-ring (bicyclic) bond motifs is 4. The third-order valence-electron chi connectivity index (χ3n) is 4.30. The molecule has 0 unspecified atom stereocenters. The predicted molar refractivity (Wildman–Crippen MR) is 93.1 cm³/mol. The van der Waals surface area contributed by atoms with Gasteiger partial charge in [0.2, 0.25) is 0 Å². The van der Waals surface area contributed by atoms with E-state index in [1.165, 1.54) is 5.39 Å². The summed E-state index contributed by atoms with van der Waals surface area (Å²) in [6.45, 7) is 0. The van der Waals surface area contributed by atoms with E-state index in [4.69, 9.17) is 5.73 Å². The molecule has 0 bridgehead atoms. The number of nitrogen functional groups attached to an aromatic ring is 1. The van der Waals surface area contributed by atoms with Gasteiger partial charge in [-0.25, -0.2) is 4.98 Å². The minimum atomic E-state index is 0.520. The second kappa shape index (κ2) is 4.33. The molecule has 0 saturated heterocycles. The van der Waals surface area contributed by atoms with Gasteiger partial charge in [0.25, 0.3) is 0 Å². The number of aromatic amines is 2. The van der Waals surface area contributed by atoms with Crippen LogP contribution in [0.3, 0.4) is 0 Å². The molecular weight excluding hydrogens is 286 g/mol. The van der Waals surface area contributed by atoms with Crippen LogP contribution in [0.1, 0.15) is 0 Å². The zero-order valence-electron chi connectivity index (χ0n) is 12.2. The van der Waals surface area contributed by atoms with Crippen molar-refractivity contribution in [3.63, 3.8) is 0 Å². The fourth-order valence-electron chi connectivity index (χ4n) is 3.21.